The van der Waals surface area contributed by atoms with Crippen LogP contribution in [-0.4, -0.2) is 17.4 Å². The lowest BCUT2D eigenvalue weighted by atomic mass is 9.90. The summed E-state index contributed by atoms with van der Waals surface area (Å²) < 4.78 is 5.78. The Labute approximate surface area is 114 Å². The third-order valence-electron chi connectivity index (χ3n) is 5.23. The molecule has 2 bridgehead atoms. The lowest BCUT2D eigenvalue weighted by Gasteiger charge is -2.28. The fourth-order valence-electron chi connectivity index (χ4n) is 4.00. The molecule has 0 heterocycles. The maximum atomic E-state index is 12.1. The summed E-state index contributed by atoms with van der Waals surface area (Å²) in [7, 11) is 0. The van der Waals surface area contributed by atoms with Gasteiger partial charge in [-0.2, -0.15) is 0 Å². The van der Waals surface area contributed by atoms with Gasteiger partial charge in [0.1, 0.15) is 11.4 Å². The number of Topliss-reactive ketones (excluding diaryl/α,β-unsaturated/α-hetero) is 1. The molecule has 3 rings (SSSR count). The van der Waals surface area contributed by atoms with E-state index in [0.29, 0.717) is 12.2 Å². The molecule has 0 saturated heterocycles. The number of hydrogen-bond acceptors (Lipinski definition) is 3. The molecule has 3 aliphatic rings. The van der Waals surface area contributed by atoms with Crippen LogP contribution in [0.3, 0.4) is 0 Å². The minimum absolute atomic E-state index is 0.0151. The zero-order valence-corrected chi connectivity index (χ0v) is 11.6. The van der Waals surface area contributed by atoms with Gasteiger partial charge in [0, 0.05) is 18.3 Å². The maximum absolute atomic E-state index is 12.1. The summed E-state index contributed by atoms with van der Waals surface area (Å²) in [5, 5.41) is 0. The molecular formula is C16H22O3. The fourth-order valence-corrected chi connectivity index (χ4v) is 4.00. The second kappa shape index (κ2) is 4.77. The molecular weight excluding hydrogens is 240 g/mol. The molecule has 3 heteroatoms. The van der Waals surface area contributed by atoms with Crippen LogP contribution in [0.2, 0.25) is 0 Å². The topological polar surface area (TPSA) is 43.4 Å². The molecule has 0 amide bonds. The number of carbonyl (C=O) groups is 2. The van der Waals surface area contributed by atoms with Crippen molar-refractivity contribution in [3.8, 4) is 0 Å². The molecule has 3 nitrogen and oxygen atoms in total. The number of allylic oxidation sites excluding steroid dienone is 2. The Morgan fingerprint density at radius 2 is 2.11 bits per heavy atom. The van der Waals surface area contributed by atoms with E-state index < -0.39 is 0 Å². The van der Waals surface area contributed by atoms with Crippen molar-refractivity contribution < 1.29 is 14.3 Å². The highest BCUT2D eigenvalue weighted by atomic mass is 16.6. The first kappa shape index (κ1) is 12.9. The first-order chi connectivity index (χ1) is 9.13. The van der Waals surface area contributed by atoms with Crippen LogP contribution in [-0.2, 0) is 14.3 Å². The Morgan fingerprint density at radius 3 is 2.63 bits per heavy atom. The van der Waals surface area contributed by atoms with E-state index in [4.69, 9.17) is 4.74 Å². The van der Waals surface area contributed by atoms with Gasteiger partial charge in [-0.15, -0.1) is 0 Å². The van der Waals surface area contributed by atoms with Crippen LogP contribution in [0, 0.1) is 17.8 Å². The minimum atomic E-state index is -0.200. The molecule has 0 radical (unpaired) electrons. The van der Waals surface area contributed by atoms with E-state index in [-0.39, 0.29) is 29.3 Å². The first-order valence-electron chi connectivity index (χ1n) is 7.57. The van der Waals surface area contributed by atoms with Crippen LogP contribution >= 0.6 is 0 Å². The molecule has 0 aromatic heterocycles. The molecule has 0 aromatic carbocycles. The van der Waals surface area contributed by atoms with Gasteiger partial charge in [0.15, 0.2) is 0 Å². The Hall–Kier alpha value is -1.12. The predicted octanol–water partition coefficient (Wildman–Crippen LogP) is 3.03. The Bertz CT molecular complexity index is 418. The monoisotopic (exact) mass is 262 g/mol. The zero-order chi connectivity index (χ0) is 13.5. The number of rotatable bonds is 4. The van der Waals surface area contributed by atoms with Crippen molar-refractivity contribution in [3.05, 3.63) is 12.2 Å². The van der Waals surface area contributed by atoms with E-state index in [0.717, 1.165) is 38.5 Å². The summed E-state index contributed by atoms with van der Waals surface area (Å²) in [6.45, 7) is 2.10. The number of esters is 1. The standard InChI is InChI=1S/C16H22O3/c1-2-16(7-3-4-8-16)19-14(17)10-12-9-11-5-6-13(12)15(11)18/h5-6,11-13H,2-4,7-10H2,1H3. The average Bonchev–Trinajstić information content (AvgIpc) is 3.06. The van der Waals surface area contributed by atoms with Gasteiger partial charge in [0.2, 0.25) is 0 Å². The van der Waals surface area contributed by atoms with Crippen molar-refractivity contribution >= 4 is 11.8 Å². The highest BCUT2D eigenvalue weighted by Gasteiger charge is 2.45. The van der Waals surface area contributed by atoms with Crippen LogP contribution in [0.15, 0.2) is 12.2 Å². The molecule has 2 saturated carbocycles. The van der Waals surface area contributed by atoms with Gasteiger partial charge in [-0.25, -0.2) is 0 Å². The highest BCUT2D eigenvalue weighted by molar-refractivity contribution is 5.92. The third kappa shape index (κ3) is 2.24. The summed E-state index contributed by atoms with van der Waals surface area (Å²) in [4.78, 5) is 24.0. The molecule has 19 heavy (non-hydrogen) atoms. The summed E-state index contributed by atoms with van der Waals surface area (Å²) in [5.74, 6) is 0.463. The molecule has 104 valence electrons. The van der Waals surface area contributed by atoms with Crippen LogP contribution < -0.4 is 0 Å². The summed E-state index contributed by atoms with van der Waals surface area (Å²) in [6, 6.07) is 0. The molecule has 3 aliphatic carbocycles. The maximum Gasteiger partial charge on any atom is 0.306 e. The second-order valence-corrected chi connectivity index (χ2v) is 6.34. The molecule has 3 atom stereocenters. The van der Waals surface area contributed by atoms with Crippen molar-refractivity contribution in [2.75, 3.05) is 0 Å². The Balaban J connectivity index is 1.57. The van der Waals surface area contributed by atoms with Crippen molar-refractivity contribution in [3.63, 3.8) is 0 Å². The first-order valence-corrected chi connectivity index (χ1v) is 7.57. The van der Waals surface area contributed by atoms with Gasteiger partial charge >= 0.3 is 5.97 Å². The molecule has 0 aliphatic heterocycles. The average molecular weight is 262 g/mol. The molecule has 0 aromatic rings. The van der Waals surface area contributed by atoms with Crippen molar-refractivity contribution in [1.29, 1.82) is 0 Å². The molecule has 2 fully saturated rings. The van der Waals surface area contributed by atoms with Crippen LogP contribution in [0.4, 0.5) is 0 Å². The number of fused-ring (bicyclic) bond motifs is 2. The Morgan fingerprint density at radius 1 is 1.37 bits per heavy atom. The summed E-state index contributed by atoms with van der Waals surface area (Å²) >= 11 is 0. The van der Waals surface area contributed by atoms with Crippen LogP contribution in [0.25, 0.3) is 0 Å². The third-order valence-corrected chi connectivity index (χ3v) is 5.23. The second-order valence-electron chi connectivity index (χ2n) is 6.34. The van der Waals surface area contributed by atoms with Gasteiger partial charge in [-0.1, -0.05) is 19.1 Å². The highest BCUT2D eigenvalue weighted by Crippen LogP contribution is 2.43. The van der Waals surface area contributed by atoms with Crippen LogP contribution in [0.1, 0.15) is 51.9 Å². The number of hydrogen-bond donors (Lipinski definition) is 0. The van der Waals surface area contributed by atoms with E-state index in [2.05, 4.69) is 6.92 Å². The van der Waals surface area contributed by atoms with Gasteiger partial charge < -0.3 is 4.74 Å². The lowest BCUT2D eigenvalue weighted by Crippen LogP contribution is -2.32. The van der Waals surface area contributed by atoms with Crippen molar-refractivity contribution in [1.82, 2.24) is 0 Å². The van der Waals surface area contributed by atoms with Crippen LogP contribution in [0.5, 0.6) is 0 Å². The largest absolute Gasteiger partial charge is 0.459 e. The summed E-state index contributed by atoms with van der Waals surface area (Å²) in [6.07, 6.45) is 10.5. The number of ether oxygens (including phenoxy) is 1. The van der Waals surface area contributed by atoms with E-state index in [9.17, 15) is 9.59 Å². The van der Waals surface area contributed by atoms with E-state index in [1.165, 1.54) is 0 Å². The van der Waals surface area contributed by atoms with Gasteiger partial charge in [-0.05, 0) is 44.4 Å². The smallest absolute Gasteiger partial charge is 0.306 e. The fraction of sp³-hybridized carbons (Fsp3) is 0.750. The number of carbonyl (C=O) groups excluding carboxylic acids is 2. The van der Waals surface area contributed by atoms with Gasteiger partial charge in [-0.3, -0.25) is 9.59 Å². The van der Waals surface area contributed by atoms with Gasteiger partial charge in [0.25, 0.3) is 0 Å². The van der Waals surface area contributed by atoms with E-state index in [1.807, 2.05) is 12.2 Å². The number of ketones is 1. The Kier molecular flexibility index (Phi) is 3.23. The minimum Gasteiger partial charge on any atom is -0.459 e. The summed E-state index contributed by atoms with van der Waals surface area (Å²) in [5.41, 5.74) is -0.200. The van der Waals surface area contributed by atoms with Crippen molar-refractivity contribution in [2.45, 2.75) is 57.5 Å². The van der Waals surface area contributed by atoms with E-state index in [1.54, 1.807) is 0 Å². The zero-order valence-electron chi connectivity index (χ0n) is 11.6. The predicted molar refractivity (Wildman–Crippen MR) is 71.4 cm³/mol. The van der Waals surface area contributed by atoms with Gasteiger partial charge in [0.05, 0.1) is 0 Å². The quantitative estimate of drug-likeness (QED) is 0.577. The van der Waals surface area contributed by atoms with E-state index >= 15 is 0 Å². The molecule has 3 unspecified atom stereocenters. The molecule has 0 N–H and O–H groups in total. The molecule has 0 spiro atoms. The normalized spacial score (nSPS) is 35.0. The van der Waals surface area contributed by atoms with Crippen molar-refractivity contribution in [2.24, 2.45) is 17.8 Å². The lowest BCUT2D eigenvalue weighted by molar-refractivity contribution is -0.161. The SMILES string of the molecule is CCC1(OC(=O)CC2CC3C=CC2C3=O)CCCC1.